The van der Waals surface area contributed by atoms with Gasteiger partial charge in [0.25, 0.3) is 5.91 Å². The Balaban J connectivity index is 1.72. The number of hydrogen-bond donors (Lipinski definition) is 0. The summed E-state index contributed by atoms with van der Waals surface area (Å²) in [7, 11) is 1.88. The molecule has 1 atom stereocenters. The summed E-state index contributed by atoms with van der Waals surface area (Å²) in [6, 6.07) is 6.13. The number of thioether (sulfide) groups is 1. The van der Waals surface area contributed by atoms with E-state index < -0.39 is 0 Å². The fourth-order valence-electron chi connectivity index (χ4n) is 3.75. The van der Waals surface area contributed by atoms with Crippen molar-refractivity contribution in [2.45, 2.75) is 30.5 Å². The van der Waals surface area contributed by atoms with Gasteiger partial charge in [-0.1, -0.05) is 11.8 Å². The van der Waals surface area contributed by atoms with E-state index in [1.54, 1.807) is 27.6 Å². The lowest BCUT2D eigenvalue weighted by molar-refractivity contribution is 0.0602. The maximum absolute atomic E-state index is 13.5. The first-order valence-electron chi connectivity index (χ1n) is 9.25. The van der Waals surface area contributed by atoms with Crippen molar-refractivity contribution < 1.29 is 9.18 Å². The Morgan fingerprint density at radius 3 is 2.68 bits per heavy atom. The monoisotopic (exact) mass is 399 g/mol. The number of hydrogen-bond acceptors (Lipinski definition) is 4. The third kappa shape index (κ3) is 3.44. The molecule has 0 bridgehead atoms. The molecule has 146 valence electrons. The summed E-state index contributed by atoms with van der Waals surface area (Å²) in [5, 5.41) is 4.97. The zero-order valence-electron chi connectivity index (χ0n) is 15.9. The summed E-state index contributed by atoms with van der Waals surface area (Å²) in [5.74, 6) is -0.374. The minimum atomic E-state index is -0.310. The van der Waals surface area contributed by atoms with Crippen molar-refractivity contribution in [3.05, 3.63) is 59.9 Å². The number of carbonyl (C=O) groups excluding carboxylic acids is 1. The third-order valence-electron chi connectivity index (χ3n) is 5.09. The topological polar surface area (TPSA) is 56.0 Å². The molecule has 1 aliphatic rings. The van der Waals surface area contributed by atoms with Gasteiger partial charge in [-0.3, -0.25) is 14.0 Å². The van der Waals surface area contributed by atoms with Gasteiger partial charge in [-0.15, -0.1) is 0 Å². The number of carbonyl (C=O) groups is 1. The molecule has 2 aromatic heterocycles. The molecule has 3 aromatic rings. The quantitative estimate of drug-likeness (QED) is 0.626. The number of nitrogens with zero attached hydrogens (tertiary/aromatic N) is 5. The zero-order chi connectivity index (χ0) is 19.7. The molecule has 0 saturated carbocycles. The molecule has 8 heteroatoms. The molecule has 4 rings (SSSR count). The Morgan fingerprint density at radius 1 is 1.21 bits per heavy atom. The van der Waals surface area contributed by atoms with Crippen LogP contribution < -0.4 is 0 Å². The Bertz CT molecular complexity index is 981. The van der Waals surface area contributed by atoms with E-state index in [1.807, 2.05) is 30.6 Å². The first-order valence-corrected chi connectivity index (χ1v) is 10.5. The van der Waals surface area contributed by atoms with Crippen LogP contribution in [0.1, 0.15) is 41.4 Å². The van der Waals surface area contributed by atoms with Crippen molar-refractivity contribution >= 4 is 17.7 Å². The minimum Gasteiger partial charge on any atom is -0.330 e. The molecule has 0 radical (unpaired) electrons. The van der Waals surface area contributed by atoms with Crippen molar-refractivity contribution in [2.75, 3.05) is 12.8 Å². The Hall–Kier alpha value is -2.61. The highest BCUT2D eigenvalue weighted by atomic mass is 32.2. The molecule has 0 N–H and O–H groups in total. The van der Waals surface area contributed by atoms with Gasteiger partial charge < -0.3 is 4.90 Å². The second-order valence-corrected chi connectivity index (χ2v) is 7.67. The van der Waals surface area contributed by atoms with Gasteiger partial charge in [0.2, 0.25) is 0 Å². The number of rotatable bonds is 4. The van der Waals surface area contributed by atoms with Gasteiger partial charge in [0.15, 0.2) is 5.16 Å². The normalized spacial score (nSPS) is 17.1. The van der Waals surface area contributed by atoms with Crippen LogP contribution >= 0.6 is 11.8 Å². The van der Waals surface area contributed by atoms with Crippen molar-refractivity contribution in [3.8, 4) is 5.69 Å². The first-order chi connectivity index (χ1) is 13.6. The number of aryl methyl sites for hydroxylation is 1. The summed E-state index contributed by atoms with van der Waals surface area (Å²) in [6.07, 6.45) is 10.3. The fourth-order valence-corrected chi connectivity index (χ4v) is 4.29. The molecule has 0 aliphatic carbocycles. The van der Waals surface area contributed by atoms with Crippen LogP contribution in [0.2, 0.25) is 0 Å². The molecule has 1 aromatic carbocycles. The van der Waals surface area contributed by atoms with Gasteiger partial charge in [0.1, 0.15) is 11.5 Å². The summed E-state index contributed by atoms with van der Waals surface area (Å²) in [5.41, 5.74) is 2.27. The number of amides is 1. The average molecular weight is 399 g/mol. The molecule has 3 heterocycles. The first kappa shape index (κ1) is 18.7. The van der Waals surface area contributed by atoms with E-state index in [-0.39, 0.29) is 17.8 Å². The van der Waals surface area contributed by atoms with E-state index >= 15 is 0 Å². The second-order valence-electron chi connectivity index (χ2n) is 6.90. The molecule has 6 nitrogen and oxygen atoms in total. The standard InChI is InChI=1S/C20H22FN5OS/c1-24-13-14(11-23-24)17-5-3-4-10-25(17)19(27)18-12-22-20(28-2)26(18)16-8-6-15(21)7-9-16/h6-9,11-13,17H,3-5,10H2,1-2H3. The lowest BCUT2D eigenvalue weighted by Gasteiger charge is -2.35. The van der Waals surface area contributed by atoms with Crippen molar-refractivity contribution in [1.29, 1.82) is 0 Å². The fraction of sp³-hybridized carbons (Fsp3) is 0.350. The number of aromatic nitrogens is 4. The van der Waals surface area contributed by atoms with Gasteiger partial charge in [0, 0.05) is 31.0 Å². The van der Waals surface area contributed by atoms with E-state index in [2.05, 4.69) is 10.1 Å². The summed E-state index contributed by atoms with van der Waals surface area (Å²) < 4.78 is 17.0. The van der Waals surface area contributed by atoms with Crippen LogP contribution in [-0.2, 0) is 7.05 Å². The average Bonchev–Trinajstić information content (AvgIpc) is 3.34. The van der Waals surface area contributed by atoms with Crippen LogP contribution in [-0.4, -0.2) is 42.9 Å². The van der Waals surface area contributed by atoms with Crippen molar-refractivity contribution in [2.24, 2.45) is 7.05 Å². The molecule has 1 unspecified atom stereocenters. The molecule has 1 saturated heterocycles. The van der Waals surface area contributed by atoms with Crippen LogP contribution in [0.5, 0.6) is 0 Å². The molecule has 1 fully saturated rings. The summed E-state index contributed by atoms with van der Waals surface area (Å²) >= 11 is 1.45. The highest BCUT2D eigenvalue weighted by Gasteiger charge is 2.32. The Kier molecular flexibility index (Phi) is 5.21. The van der Waals surface area contributed by atoms with E-state index in [0.29, 0.717) is 17.4 Å². The largest absolute Gasteiger partial charge is 0.330 e. The number of benzene rings is 1. The number of piperidine rings is 1. The number of likely N-dealkylation sites (tertiary alicyclic amines) is 1. The maximum atomic E-state index is 13.5. The van der Waals surface area contributed by atoms with Gasteiger partial charge in [0.05, 0.1) is 18.4 Å². The molecule has 1 aliphatic heterocycles. The Labute approximate surface area is 167 Å². The molecular formula is C20H22FN5OS. The Morgan fingerprint density at radius 2 is 2.00 bits per heavy atom. The SMILES string of the molecule is CSc1ncc(C(=O)N2CCCCC2c2cnn(C)c2)n1-c1ccc(F)cc1. The highest BCUT2D eigenvalue weighted by Crippen LogP contribution is 2.33. The maximum Gasteiger partial charge on any atom is 0.273 e. The van der Waals surface area contributed by atoms with Crippen LogP contribution in [0, 0.1) is 5.82 Å². The zero-order valence-corrected chi connectivity index (χ0v) is 16.7. The van der Waals surface area contributed by atoms with Crippen LogP contribution in [0.15, 0.2) is 48.0 Å². The van der Waals surface area contributed by atoms with E-state index in [4.69, 9.17) is 0 Å². The smallest absolute Gasteiger partial charge is 0.273 e. The lowest BCUT2D eigenvalue weighted by Crippen LogP contribution is -2.39. The highest BCUT2D eigenvalue weighted by molar-refractivity contribution is 7.98. The molecular weight excluding hydrogens is 377 g/mol. The van der Waals surface area contributed by atoms with Gasteiger partial charge in [-0.05, 0) is 49.8 Å². The molecule has 28 heavy (non-hydrogen) atoms. The number of halogens is 1. The summed E-state index contributed by atoms with van der Waals surface area (Å²) in [6.45, 7) is 0.696. The van der Waals surface area contributed by atoms with E-state index in [9.17, 15) is 9.18 Å². The minimum absolute atomic E-state index is 0.00393. The summed E-state index contributed by atoms with van der Waals surface area (Å²) in [4.78, 5) is 19.9. The molecule has 1 amide bonds. The van der Waals surface area contributed by atoms with Gasteiger partial charge in [-0.25, -0.2) is 9.37 Å². The van der Waals surface area contributed by atoms with Crippen molar-refractivity contribution in [3.63, 3.8) is 0 Å². The predicted octanol–water partition coefficient (Wildman–Crippen LogP) is 3.83. The molecule has 0 spiro atoms. The lowest BCUT2D eigenvalue weighted by atomic mass is 9.97. The van der Waals surface area contributed by atoms with Crippen LogP contribution in [0.3, 0.4) is 0 Å². The van der Waals surface area contributed by atoms with Gasteiger partial charge in [-0.2, -0.15) is 5.10 Å². The van der Waals surface area contributed by atoms with E-state index in [0.717, 1.165) is 30.5 Å². The van der Waals surface area contributed by atoms with E-state index in [1.165, 1.54) is 23.9 Å². The van der Waals surface area contributed by atoms with Crippen LogP contribution in [0.25, 0.3) is 5.69 Å². The third-order valence-corrected chi connectivity index (χ3v) is 5.74. The van der Waals surface area contributed by atoms with Gasteiger partial charge >= 0.3 is 0 Å². The van der Waals surface area contributed by atoms with Crippen molar-refractivity contribution in [1.82, 2.24) is 24.2 Å². The number of imidazole rings is 1. The second kappa shape index (κ2) is 7.79. The predicted molar refractivity (Wildman–Crippen MR) is 106 cm³/mol. The van der Waals surface area contributed by atoms with Crippen LogP contribution in [0.4, 0.5) is 4.39 Å².